The normalized spacial score (nSPS) is 10.9. The van der Waals surface area contributed by atoms with Crippen molar-refractivity contribution in [2.75, 3.05) is 21.3 Å². The lowest BCUT2D eigenvalue weighted by molar-refractivity contribution is 0.324. The number of fused-ring (bicyclic) bond motifs is 1. The van der Waals surface area contributed by atoms with Crippen LogP contribution in [0.25, 0.3) is 22.2 Å². The van der Waals surface area contributed by atoms with Crippen LogP contribution in [0.2, 0.25) is 0 Å². The van der Waals surface area contributed by atoms with Gasteiger partial charge in [0.1, 0.15) is 5.52 Å². The van der Waals surface area contributed by atoms with Gasteiger partial charge in [-0.2, -0.15) is 0 Å². The number of aromatic nitrogens is 1. The zero-order valence-electron chi connectivity index (χ0n) is 17.0. The maximum Gasteiger partial charge on any atom is 0.203 e. The molecule has 0 saturated heterocycles. The number of methoxy groups -OCH3 is 3. The molecular formula is C24H23NO4. The molecule has 148 valence electrons. The third kappa shape index (κ3) is 3.51. The quantitative estimate of drug-likeness (QED) is 0.441. The van der Waals surface area contributed by atoms with Crippen LogP contribution in [0.3, 0.4) is 0 Å². The van der Waals surface area contributed by atoms with E-state index >= 15 is 0 Å². The van der Waals surface area contributed by atoms with Gasteiger partial charge in [-0.05, 0) is 41.8 Å². The van der Waals surface area contributed by atoms with Crippen LogP contribution in [0.1, 0.15) is 17.0 Å². The third-order valence-corrected chi connectivity index (χ3v) is 4.97. The summed E-state index contributed by atoms with van der Waals surface area (Å²) < 4.78 is 22.5. The molecule has 29 heavy (non-hydrogen) atoms. The van der Waals surface area contributed by atoms with Crippen molar-refractivity contribution in [1.82, 2.24) is 4.98 Å². The highest BCUT2D eigenvalue weighted by Crippen LogP contribution is 2.39. The molecule has 5 nitrogen and oxygen atoms in total. The molecule has 0 unspecified atom stereocenters. The maximum absolute atomic E-state index is 6.19. The molecule has 0 atom stereocenters. The first kappa shape index (κ1) is 18.9. The molecule has 0 fully saturated rings. The number of nitrogens with zero attached hydrogens (tertiary/aromatic N) is 1. The predicted octanol–water partition coefficient (Wildman–Crippen LogP) is 5.42. The Labute approximate surface area is 169 Å². The summed E-state index contributed by atoms with van der Waals surface area (Å²) in [5.74, 6) is 2.42. The van der Waals surface area contributed by atoms with Crippen molar-refractivity contribution in [3.63, 3.8) is 0 Å². The van der Waals surface area contributed by atoms with Crippen LogP contribution in [-0.4, -0.2) is 26.3 Å². The lowest BCUT2D eigenvalue weighted by atomic mass is 10.00. The number of hydrogen-bond acceptors (Lipinski definition) is 5. The molecule has 4 aromatic rings. The van der Waals surface area contributed by atoms with Gasteiger partial charge in [0.25, 0.3) is 0 Å². The Morgan fingerprint density at radius 1 is 0.828 bits per heavy atom. The number of oxazole rings is 1. The third-order valence-electron chi connectivity index (χ3n) is 4.97. The topological polar surface area (TPSA) is 53.7 Å². The van der Waals surface area contributed by atoms with Crippen LogP contribution in [-0.2, 0) is 6.42 Å². The van der Waals surface area contributed by atoms with Gasteiger partial charge in [0.15, 0.2) is 23.0 Å². The van der Waals surface area contributed by atoms with Gasteiger partial charge in [-0.1, -0.05) is 36.4 Å². The van der Waals surface area contributed by atoms with E-state index in [4.69, 9.17) is 23.6 Å². The van der Waals surface area contributed by atoms with Crippen LogP contribution in [0, 0.1) is 6.92 Å². The van der Waals surface area contributed by atoms with Crippen LogP contribution >= 0.6 is 0 Å². The minimum atomic E-state index is 0.513. The van der Waals surface area contributed by atoms with Crippen molar-refractivity contribution >= 4 is 11.1 Å². The zero-order valence-corrected chi connectivity index (χ0v) is 17.0. The molecule has 0 aliphatic rings. The lowest BCUT2D eigenvalue weighted by Gasteiger charge is -2.13. The molecule has 0 bridgehead atoms. The molecular weight excluding hydrogens is 366 g/mol. The summed E-state index contributed by atoms with van der Waals surface area (Å²) in [6.07, 6.45) is 0.513. The van der Waals surface area contributed by atoms with E-state index < -0.39 is 0 Å². The molecule has 0 amide bonds. The van der Waals surface area contributed by atoms with Gasteiger partial charge in [-0.25, -0.2) is 4.98 Å². The maximum atomic E-state index is 6.19. The molecule has 0 radical (unpaired) electrons. The van der Waals surface area contributed by atoms with Crippen LogP contribution in [0.5, 0.6) is 17.2 Å². The number of para-hydroxylation sites is 1. The summed E-state index contributed by atoms with van der Waals surface area (Å²) >= 11 is 0. The lowest BCUT2D eigenvalue weighted by Crippen LogP contribution is -1.97. The predicted molar refractivity (Wildman–Crippen MR) is 113 cm³/mol. The van der Waals surface area contributed by atoms with Gasteiger partial charge >= 0.3 is 0 Å². The van der Waals surface area contributed by atoms with E-state index in [1.807, 2.05) is 36.4 Å². The first-order valence-corrected chi connectivity index (χ1v) is 9.38. The molecule has 0 saturated carbocycles. The van der Waals surface area contributed by atoms with E-state index in [1.54, 1.807) is 21.3 Å². The number of benzene rings is 3. The molecule has 0 aliphatic heterocycles. The summed E-state index contributed by atoms with van der Waals surface area (Å²) in [7, 11) is 4.80. The molecule has 5 heteroatoms. The Morgan fingerprint density at radius 3 is 2.17 bits per heavy atom. The summed E-state index contributed by atoms with van der Waals surface area (Å²) in [5.41, 5.74) is 5.99. The molecule has 4 rings (SSSR count). The van der Waals surface area contributed by atoms with Gasteiger partial charge in [0.2, 0.25) is 5.75 Å². The van der Waals surface area contributed by atoms with E-state index in [9.17, 15) is 0 Å². The summed E-state index contributed by atoms with van der Waals surface area (Å²) in [4.78, 5) is 4.70. The Hall–Kier alpha value is -3.47. The summed E-state index contributed by atoms with van der Waals surface area (Å²) in [6, 6.07) is 18.2. The van der Waals surface area contributed by atoms with Gasteiger partial charge in [-0.15, -0.1) is 0 Å². The van der Waals surface area contributed by atoms with Crippen molar-refractivity contribution in [2.45, 2.75) is 13.3 Å². The van der Waals surface area contributed by atoms with Crippen molar-refractivity contribution in [1.29, 1.82) is 0 Å². The zero-order chi connectivity index (χ0) is 20.4. The molecule has 0 spiro atoms. The second-order valence-electron chi connectivity index (χ2n) is 6.79. The second-order valence-corrected chi connectivity index (χ2v) is 6.79. The molecule has 1 heterocycles. The summed E-state index contributed by atoms with van der Waals surface area (Å²) in [6.45, 7) is 2.10. The van der Waals surface area contributed by atoms with Crippen LogP contribution in [0.4, 0.5) is 0 Å². The second kappa shape index (κ2) is 7.87. The van der Waals surface area contributed by atoms with Gasteiger partial charge in [0, 0.05) is 12.0 Å². The first-order chi connectivity index (χ1) is 14.1. The Morgan fingerprint density at radius 2 is 1.52 bits per heavy atom. The van der Waals surface area contributed by atoms with E-state index in [1.165, 1.54) is 5.56 Å². The van der Waals surface area contributed by atoms with Crippen molar-refractivity contribution < 1.29 is 18.6 Å². The fourth-order valence-corrected chi connectivity index (χ4v) is 3.57. The smallest absolute Gasteiger partial charge is 0.203 e. The van der Waals surface area contributed by atoms with Crippen molar-refractivity contribution in [3.8, 4) is 28.4 Å². The largest absolute Gasteiger partial charge is 0.493 e. The fourth-order valence-electron chi connectivity index (χ4n) is 3.57. The van der Waals surface area contributed by atoms with Gasteiger partial charge in [0.05, 0.1) is 21.3 Å². The number of rotatable bonds is 6. The van der Waals surface area contributed by atoms with Gasteiger partial charge in [-0.3, -0.25) is 0 Å². The average molecular weight is 389 g/mol. The Bertz CT molecular complexity index is 1140. The SMILES string of the molecule is COc1cc(Cc2nc3cccc(-c4ccccc4C)c3o2)cc(OC)c1OC. The standard InChI is InChI=1S/C24H23NO4/c1-15-8-5-6-9-17(15)18-10-7-11-19-23(18)29-22(25-19)14-16-12-20(26-2)24(28-4)21(13-16)27-3/h5-13H,14H2,1-4H3. The fraction of sp³-hybridized carbons (Fsp3) is 0.208. The van der Waals surface area contributed by atoms with Crippen LogP contribution < -0.4 is 14.2 Å². The number of hydrogen-bond donors (Lipinski definition) is 0. The van der Waals surface area contributed by atoms with E-state index in [-0.39, 0.29) is 0 Å². The summed E-state index contributed by atoms with van der Waals surface area (Å²) in [5, 5.41) is 0. The minimum absolute atomic E-state index is 0.513. The van der Waals surface area contributed by atoms with Gasteiger partial charge < -0.3 is 18.6 Å². The monoisotopic (exact) mass is 389 g/mol. The molecule has 0 aliphatic carbocycles. The minimum Gasteiger partial charge on any atom is -0.493 e. The number of ether oxygens (including phenoxy) is 3. The van der Waals surface area contributed by atoms with Crippen molar-refractivity contribution in [3.05, 3.63) is 71.6 Å². The Kier molecular flexibility index (Phi) is 5.12. The number of aryl methyl sites for hydroxylation is 1. The molecule has 1 aromatic heterocycles. The van der Waals surface area contributed by atoms with E-state index in [2.05, 4.69) is 25.1 Å². The van der Waals surface area contributed by atoms with E-state index in [0.29, 0.717) is 29.6 Å². The van der Waals surface area contributed by atoms with E-state index in [0.717, 1.165) is 27.8 Å². The molecule has 0 N–H and O–H groups in total. The highest BCUT2D eigenvalue weighted by molar-refractivity contribution is 5.91. The molecule has 3 aromatic carbocycles. The van der Waals surface area contributed by atoms with Crippen molar-refractivity contribution in [2.24, 2.45) is 0 Å². The first-order valence-electron chi connectivity index (χ1n) is 9.38. The highest BCUT2D eigenvalue weighted by Gasteiger charge is 2.16. The average Bonchev–Trinajstić information content (AvgIpc) is 3.15. The highest BCUT2D eigenvalue weighted by atomic mass is 16.5. The Balaban J connectivity index is 1.75. The van der Waals surface area contributed by atoms with Crippen LogP contribution in [0.15, 0.2) is 59.0 Å².